The van der Waals surface area contributed by atoms with E-state index in [2.05, 4.69) is 10.3 Å². The monoisotopic (exact) mass is 230 g/mol. The lowest BCUT2D eigenvalue weighted by molar-refractivity contribution is 0.0589. The van der Waals surface area contributed by atoms with E-state index in [9.17, 15) is 5.11 Å². The number of aromatic nitrogens is 1. The Morgan fingerprint density at radius 1 is 1.29 bits per heavy atom. The quantitative estimate of drug-likeness (QED) is 0.845. The smallest absolute Gasteiger partial charge is 0.101 e. The van der Waals surface area contributed by atoms with Crippen LogP contribution in [0.25, 0.3) is 10.9 Å². The number of nitrogens with zero attached hydrogens (tertiary/aromatic N) is 1. The number of fused-ring (bicyclic) bond motifs is 1. The van der Waals surface area contributed by atoms with Gasteiger partial charge in [0, 0.05) is 23.7 Å². The van der Waals surface area contributed by atoms with Crippen molar-refractivity contribution in [2.24, 2.45) is 0 Å². The number of para-hydroxylation sites is 1. The summed E-state index contributed by atoms with van der Waals surface area (Å²) in [5.74, 6) is 0. The molecule has 0 radical (unpaired) electrons. The second kappa shape index (κ2) is 4.82. The molecule has 0 spiro atoms. The molecule has 0 aliphatic carbocycles. The number of aliphatic hydroxyl groups is 1. The van der Waals surface area contributed by atoms with Crippen LogP contribution >= 0.6 is 0 Å². The molecule has 1 aromatic carbocycles. The van der Waals surface area contributed by atoms with Crippen molar-refractivity contribution < 1.29 is 5.11 Å². The lowest BCUT2D eigenvalue weighted by Gasteiger charge is -2.25. The first kappa shape index (κ1) is 12.0. The summed E-state index contributed by atoms with van der Waals surface area (Å²) in [6.45, 7) is 5.21. The molecule has 90 valence electrons. The number of pyridine rings is 1. The van der Waals surface area contributed by atoms with Gasteiger partial charge in [0.05, 0.1) is 5.52 Å². The van der Waals surface area contributed by atoms with Crippen molar-refractivity contribution in [1.29, 1.82) is 0 Å². The molecule has 3 nitrogen and oxygen atoms in total. The normalized spacial score (nSPS) is 14.8. The van der Waals surface area contributed by atoms with Crippen molar-refractivity contribution in [3.8, 4) is 0 Å². The van der Waals surface area contributed by atoms with Crippen LogP contribution in [-0.4, -0.2) is 23.2 Å². The summed E-state index contributed by atoms with van der Waals surface area (Å²) in [7, 11) is 0. The number of hydrogen-bond acceptors (Lipinski definition) is 3. The molecule has 1 atom stereocenters. The summed E-state index contributed by atoms with van der Waals surface area (Å²) in [4.78, 5) is 4.37. The summed E-state index contributed by atoms with van der Waals surface area (Å²) < 4.78 is 0. The molecule has 0 fully saturated rings. The first-order valence-electron chi connectivity index (χ1n) is 5.92. The molecular formula is C14H18N2O. The largest absolute Gasteiger partial charge is 0.384 e. The minimum Gasteiger partial charge on any atom is -0.384 e. The molecule has 0 bridgehead atoms. The highest BCUT2D eigenvalue weighted by Gasteiger charge is 2.24. The molecule has 1 heterocycles. The molecule has 0 saturated heterocycles. The second-order valence-electron chi connectivity index (χ2n) is 4.43. The second-order valence-corrected chi connectivity index (χ2v) is 4.43. The van der Waals surface area contributed by atoms with E-state index in [1.165, 1.54) is 0 Å². The lowest BCUT2D eigenvalue weighted by Crippen LogP contribution is -2.35. The maximum absolute atomic E-state index is 10.5. The van der Waals surface area contributed by atoms with Crippen LogP contribution in [0.15, 0.2) is 36.5 Å². The standard InChI is InChI=1S/C14H18N2O/c1-3-15-10-14(2,17)12-8-4-6-11-7-5-9-16-13(11)12/h4-9,15,17H,3,10H2,1-2H3. The van der Waals surface area contributed by atoms with Crippen LogP contribution < -0.4 is 5.32 Å². The molecule has 2 aromatic rings. The van der Waals surface area contributed by atoms with Gasteiger partial charge in [-0.15, -0.1) is 0 Å². The number of benzene rings is 1. The van der Waals surface area contributed by atoms with E-state index in [1.807, 2.05) is 44.2 Å². The van der Waals surface area contributed by atoms with Crippen molar-refractivity contribution >= 4 is 10.9 Å². The van der Waals surface area contributed by atoms with Gasteiger partial charge >= 0.3 is 0 Å². The average Bonchev–Trinajstić information content (AvgIpc) is 2.36. The summed E-state index contributed by atoms with van der Waals surface area (Å²) in [5, 5.41) is 14.7. The first-order chi connectivity index (χ1) is 8.15. The number of rotatable bonds is 4. The Balaban J connectivity index is 2.47. The van der Waals surface area contributed by atoms with E-state index in [1.54, 1.807) is 6.20 Å². The van der Waals surface area contributed by atoms with E-state index in [4.69, 9.17) is 0 Å². The summed E-state index contributed by atoms with van der Waals surface area (Å²) >= 11 is 0. The lowest BCUT2D eigenvalue weighted by atomic mass is 9.93. The Hall–Kier alpha value is -1.45. The van der Waals surface area contributed by atoms with Crippen molar-refractivity contribution in [1.82, 2.24) is 10.3 Å². The molecule has 0 saturated carbocycles. The number of likely N-dealkylation sites (N-methyl/N-ethyl adjacent to an activating group) is 1. The fourth-order valence-corrected chi connectivity index (χ4v) is 2.00. The van der Waals surface area contributed by atoms with E-state index in [0.717, 1.165) is 23.0 Å². The third-order valence-corrected chi connectivity index (χ3v) is 2.93. The van der Waals surface area contributed by atoms with Gasteiger partial charge in [-0.3, -0.25) is 4.98 Å². The molecule has 3 heteroatoms. The van der Waals surface area contributed by atoms with Gasteiger partial charge in [0.15, 0.2) is 0 Å². The number of hydrogen-bond donors (Lipinski definition) is 2. The molecule has 0 amide bonds. The SMILES string of the molecule is CCNCC(C)(O)c1cccc2cccnc12. The highest BCUT2D eigenvalue weighted by molar-refractivity contribution is 5.82. The van der Waals surface area contributed by atoms with Gasteiger partial charge < -0.3 is 10.4 Å². The summed E-state index contributed by atoms with van der Waals surface area (Å²) in [6, 6.07) is 9.82. The van der Waals surface area contributed by atoms with E-state index >= 15 is 0 Å². The van der Waals surface area contributed by atoms with Crippen molar-refractivity contribution in [3.05, 3.63) is 42.1 Å². The fourth-order valence-electron chi connectivity index (χ4n) is 2.00. The molecule has 2 N–H and O–H groups in total. The van der Waals surface area contributed by atoms with Gasteiger partial charge in [0.2, 0.25) is 0 Å². The van der Waals surface area contributed by atoms with Gasteiger partial charge in [0.1, 0.15) is 5.60 Å². The Labute approximate surface area is 102 Å². The molecule has 2 rings (SSSR count). The third kappa shape index (κ3) is 2.46. The Bertz CT molecular complexity index is 503. The zero-order valence-corrected chi connectivity index (χ0v) is 10.3. The first-order valence-corrected chi connectivity index (χ1v) is 5.92. The van der Waals surface area contributed by atoms with E-state index < -0.39 is 5.60 Å². The summed E-state index contributed by atoms with van der Waals surface area (Å²) in [5.41, 5.74) is 0.846. The van der Waals surface area contributed by atoms with Crippen LogP contribution in [0.2, 0.25) is 0 Å². The predicted molar refractivity (Wildman–Crippen MR) is 69.9 cm³/mol. The zero-order valence-electron chi connectivity index (χ0n) is 10.3. The van der Waals surface area contributed by atoms with Crippen LogP contribution in [-0.2, 0) is 5.60 Å². The zero-order chi connectivity index (χ0) is 12.3. The van der Waals surface area contributed by atoms with Crippen LogP contribution in [0.4, 0.5) is 0 Å². The van der Waals surface area contributed by atoms with Gasteiger partial charge in [-0.25, -0.2) is 0 Å². The fraction of sp³-hybridized carbons (Fsp3) is 0.357. The minimum absolute atomic E-state index is 0.527. The molecule has 1 unspecified atom stereocenters. The van der Waals surface area contributed by atoms with Crippen molar-refractivity contribution in [2.75, 3.05) is 13.1 Å². The topological polar surface area (TPSA) is 45.1 Å². The summed E-state index contributed by atoms with van der Waals surface area (Å²) in [6.07, 6.45) is 1.76. The molecule has 0 aliphatic rings. The molecule has 17 heavy (non-hydrogen) atoms. The highest BCUT2D eigenvalue weighted by Crippen LogP contribution is 2.26. The molecule has 0 aliphatic heterocycles. The Morgan fingerprint density at radius 3 is 2.82 bits per heavy atom. The van der Waals surface area contributed by atoms with Gasteiger partial charge in [-0.05, 0) is 19.5 Å². The maximum Gasteiger partial charge on any atom is 0.101 e. The average molecular weight is 230 g/mol. The van der Waals surface area contributed by atoms with Crippen LogP contribution in [0.5, 0.6) is 0 Å². The van der Waals surface area contributed by atoms with Gasteiger partial charge in [-0.1, -0.05) is 31.2 Å². The third-order valence-electron chi connectivity index (χ3n) is 2.93. The van der Waals surface area contributed by atoms with E-state index in [0.29, 0.717) is 6.54 Å². The minimum atomic E-state index is -0.899. The molecular weight excluding hydrogens is 212 g/mol. The van der Waals surface area contributed by atoms with Crippen LogP contribution in [0, 0.1) is 0 Å². The highest BCUT2D eigenvalue weighted by atomic mass is 16.3. The van der Waals surface area contributed by atoms with Crippen molar-refractivity contribution in [2.45, 2.75) is 19.4 Å². The number of nitrogens with one attached hydrogen (secondary N) is 1. The Kier molecular flexibility index (Phi) is 3.41. The molecule has 1 aromatic heterocycles. The van der Waals surface area contributed by atoms with Gasteiger partial charge in [-0.2, -0.15) is 0 Å². The predicted octanol–water partition coefficient (Wildman–Crippen LogP) is 2.05. The van der Waals surface area contributed by atoms with Crippen LogP contribution in [0.3, 0.4) is 0 Å². The van der Waals surface area contributed by atoms with Crippen molar-refractivity contribution in [3.63, 3.8) is 0 Å². The van der Waals surface area contributed by atoms with Crippen LogP contribution in [0.1, 0.15) is 19.4 Å². The van der Waals surface area contributed by atoms with E-state index in [-0.39, 0.29) is 0 Å². The maximum atomic E-state index is 10.5. The van der Waals surface area contributed by atoms with Gasteiger partial charge in [0.25, 0.3) is 0 Å². The Morgan fingerprint density at radius 2 is 2.06 bits per heavy atom.